The summed E-state index contributed by atoms with van der Waals surface area (Å²) in [7, 11) is 0. The summed E-state index contributed by atoms with van der Waals surface area (Å²) in [6.07, 6.45) is 6.95. The zero-order valence-electron chi connectivity index (χ0n) is 10.7. The molecule has 0 aromatic carbocycles. The topological polar surface area (TPSA) is 33.1 Å². The van der Waals surface area contributed by atoms with E-state index in [2.05, 4.69) is 11.9 Å². The Morgan fingerprint density at radius 2 is 2.00 bits per heavy atom. The average Bonchev–Trinajstić information content (AvgIpc) is 2.35. The molecule has 0 aliphatic heterocycles. The molecule has 0 radical (unpaired) electrons. The van der Waals surface area contributed by atoms with Crippen molar-refractivity contribution < 1.29 is 9.50 Å². The molecular formula is C14H22FNO. The highest BCUT2D eigenvalue weighted by Crippen LogP contribution is 2.29. The first-order valence-corrected chi connectivity index (χ1v) is 6.47. The molecule has 96 valence electrons. The summed E-state index contributed by atoms with van der Waals surface area (Å²) < 4.78 is 12.8. The molecular weight excluding hydrogens is 217 g/mol. The van der Waals surface area contributed by atoms with Crippen molar-refractivity contribution in [2.45, 2.75) is 58.0 Å². The molecule has 1 heterocycles. The van der Waals surface area contributed by atoms with Crippen LogP contribution in [0.4, 0.5) is 4.39 Å². The van der Waals surface area contributed by atoms with E-state index >= 15 is 0 Å². The minimum absolute atomic E-state index is 0.363. The normalized spacial score (nSPS) is 14.6. The number of rotatable bonds is 7. The van der Waals surface area contributed by atoms with Crippen LogP contribution in [-0.4, -0.2) is 10.1 Å². The molecule has 1 aromatic heterocycles. The fourth-order valence-electron chi connectivity index (χ4n) is 1.98. The van der Waals surface area contributed by atoms with Crippen molar-refractivity contribution in [1.29, 1.82) is 0 Å². The SMILES string of the molecule is CCCCCCC(O)(CC)c1ccc(F)cn1. The van der Waals surface area contributed by atoms with E-state index in [1.807, 2.05) is 6.92 Å². The lowest BCUT2D eigenvalue weighted by Crippen LogP contribution is -2.26. The maximum atomic E-state index is 12.8. The highest BCUT2D eigenvalue weighted by molar-refractivity contribution is 5.13. The molecule has 1 aromatic rings. The summed E-state index contributed by atoms with van der Waals surface area (Å²) in [6, 6.07) is 2.94. The van der Waals surface area contributed by atoms with E-state index in [0.717, 1.165) is 12.8 Å². The summed E-state index contributed by atoms with van der Waals surface area (Å²) in [4.78, 5) is 4.00. The van der Waals surface area contributed by atoms with Gasteiger partial charge < -0.3 is 5.11 Å². The molecule has 0 spiro atoms. The van der Waals surface area contributed by atoms with Gasteiger partial charge in [0.05, 0.1) is 11.9 Å². The van der Waals surface area contributed by atoms with Gasteiger partial charge in [-0.3, -0.25) is 4.98 Å². The third kappa shape index (κ3) is 4.08. The van der Waals surface area contributed by atoms with Crippen LogP contribution in [0.2, 0.25) is 0 Å². The lowest BCUT2D eigenvalue weighted by Gasteiger charge is -2.26. The second-order valence-corrected chi connectivity index (χ2v) is 4.56. The predicted octanol–water partition coefficient (Wildman–Crippen LogP) is 3.79. The largest absolute Gasteiger partial charge is 0.384 e. The van der Waals surface area contributed by atoms with Gasteiger partial charge in [0.25, 0.3) is 0 Å². The van der Waals surface area contributed by atoms with Crippen LogP contribution in [-0.2, 0) is 5.60 Å². The van der Waals surface area contributed by atoms with Crippen LogP contribution in [0.3, 0.4) is 0 Å². The Balaban J connectivity index is 2.63. The van der Waals surface area contributed by atoms with Gasteiger partial charge in [0.15, 0.2) is 0 Å². The smallest absolute Gasteiger partial charge is 0.141 e. The molecule has 17 heavy (non-hydrogen) atoms. The lowest BCUT2D eigenvalue weighted by molar-refractivity contribution is 0.0163. The maximum Gasteiger partial charge on any atom is 0.141 e. The Bertz CT molecular complexity index is 325. The van der Waals surface area contributed by atoms with Crippen molar-refractivity contribution in [3.05, 3.63) is 29.8 Å². The highest BCUT2D eigenvalue weighted by atomic mass is 19.1. The van der Waals surface area contributed by atoms with Gasteiger partial charge >= 0.3 is 0 Å². The molecule has 1 atom stereocenters. The Labute approximate surface area is 103 Å². The minimum Gasteiger partial charge on any atom is -0.384 e. The van der Waals surface area contributed by atoms with E-state index in [1.165, 1.54) is 25.1 Å². The molecule has 0 saturated heterocycles. The number of nitrogens with zero attached hydrogens (tertiary/aromatic N) is 1. The molecule has 3 heteroatoms. The van der Waals surface area contributed by atoms with Crippen molar-refractivity contribution >= 4 is 0 Å². The lowest BCUT2D eigenvalue weighted by atomic mass is 9.89. The summed E-state index contributed by atoms with van der Waals surface area (Å²) >= 11 is 0. The first-order chi connectivity index (χ1) is 8.12. The van der Waals surface area contributed by atoms with Gasteiger partial charge in [-0.1, -0.05) is 39.5 Å². The number of aromatic nitrogens is 1. The van der Waals surface area contributed by atoms with Crippen LogP contribution >= 0.6 is 0 Å². The molecule has 1 N–H and O–H groups in total. The summed E-state index contributed by atoms with van der Waals surface area (Å²) in [5.74, 6) is -0.363. The fourth-order valence-corrected chi connectivity index (χ4v) is 1.98. The number of hydrogen-bond donors (Lipinski definition) is 1. The molecule has 0 amide bonds. The van der Waals surface area contributed by atoms with Gasteiger partial charge in [0.2, 0.25) is 0 Å². The minimum atomic E-state index is -0.901. The van der Waals surface area contributed by atoms with Crippen LogP contribution in [0, 0.1) is 5.82 Å². The van der Waals surface area contributed by atoms with Crippen molar-refractivity contribution in [3.8, 4) is 0 Å². The number of aliphatic hydroxyl groups is 1. The molecule has 2 nitrogen and oxygen atoms in total. The number of pyridine rings is 1. The van der Waals surface area contributed by atoms with Crippen molar-refractivity contribution in [2.24, 2.45) is 0 Å². The predicted molar refractivity (Wildman–Crippen MR) is 67.1 cm³/mol. The van der Waals surface area contributed by atoms with Crippen molar-refractivity contribution in [1.82, 2.24) is 4.98 Å². The van der Waals surface area contributed by atoms with Crippen LogP contribution < -0.4 is 0 Å². The van der Waals surface area contributed by atoms with Crippen LogP contribution in [0.1, 0.15) is 58.1 Å². The zero-order valence-corrected chi connectivity index (χ0v) is 10.7. The number of unbranched alkanes of at least 4 members (excludes halogenated alkanes) is 3. The van der Waals surface area contributed by atoms with E-state index in [-0.39, 0.29) is 5.82 Å². The van der Waals surface area contributed by atoms with E-state index < -0.39 is 5.60 Å². The second-order valence-electron chi connectivity index (χ2n) is 4.56. The van der Waals surface area contributed by atoms with Gasteiger partial charge in [-0.25, -0.2) is 4.39 Å². The van der Waals surface area contributed by atoms with Crippen LogP contribution in [0.5, 0.6) is 0 Å². The van der Waals surface area contributed by atoms with Crippen LogP contribution in [0.25, 0.3) is 0 Å². The Morgan fingerprint density at radius 1 is 1.24 bits per heavy atom. The Kier molecular flexibility index (Phi) is 5.56. The van der Waals surface area contributed by atoms with E-state index in [4.69, 9.17) is 0 Å². The third-order valence-corrected chi connectivity index (χ3v) is 3.23. The number of hydrogen-bond acceptors (Lipinski definition) is 2. The first-order valence-electron chi connectivity index (χ1n) is 6.47. The highest BCUT2D eigenvalue weighted by Gasteiger charge is 2.27. The summed E-state index contributed by atoms with van der Waals surface area (Å²) in [5, 5.41) is 10.5. The van der Waals surface area contributed by atoms with E-state index in [0.29, 0.717) is 18.5 Å². The molecule has 0 fully saturated rings. The second kappa shape index (κ2) is 6.70. The Hall–Kier alpha value is -0.960. The molecule has 0 bridgehead atoms. The van der Waals surface area contributed by atoms with Gasteiger partial charge in [0.1, 0.15) is 11.4 Å². The molecule has 0 saturated carbocycles. The molecule has 0 aliphatic carbocycles. The van der Waals surface area contributed by atoms with Gasteiger partial charge in [0, 0.05) is 0 Å². The van der Waals surface area contributed by atoms with Gasteiger partial charge in [-0.05, 0) is 25.0 Å². The zero-order chi connectivity index (χ0) is 12.7. The van der Waals surface area contributed by atoms with E-state index in [1.54, 1.807) is 6.07 Å². The van der Waals surface area contributed by atoms with Crippen molar-refractivity contribution in [2.75, 3.05) is 0 Å². The maximum absolute atomic E-state index is 12.8. The average molecular weight is 239 g/mol. The third-order valence-electron chi connectivity index (χ3n) is 3.23. The fraction of sp³-hybridized carbons (Fsp3) is 0.643. The molecule has 1 rings (SSSR count). The molecule has 0 aliphatic rings. The van der Waals surface area contributed by atoms with Gasteiger partial charge in [-0.2, -0.15) is 0 Å². The summed E-state index contributed by atoms with van der Waals surface area (Å²) in [6.45, 7) is 4.10. The van der Waals surface area contributed by atoms with Crippen molar-refractivity contribution in [3.63, 3.8) is 0 Å². The Morgan fingerprint density at radius 3 is 2.53 bits per heavy atom. The monoisotopic (exact) mass is 239 g/mol. The van der Waals surface area contributed by atoms with Gasteiger partial charge in [-0.15, -0.1) is 0 Å². The summed E-state index contributed by atoms with van der Waals surface area (Å²) in [5.41, 5.74) is -0.320. The molecule has 1 unspecified atom stereocenters. The standard InChI is InChI=1S/C14H22FNO/c1-3-5-6-7-10-14(17,4-2)13-9-8-12(15)11-16-13/h8-9,11,17H,3-7,10H2,1-2H3. The van der Waals surface area contributed by atoms with E-state index in [9.17, 15) is 9.50 Å². The first kappa shape index (κ1) is 14.1. The quantitative estimate of drug-likeness (QED) is 0.734. The van der Waals surface area contributed by atoms with Crippen LogP contribution in [0.15, 0.2) is 18.3 Å². The number of halogens is 1.